The molecule has 0 aromatic heterocycles. The molecule has 0 spiro atoms. The molecule has 0 radical (unpaired) electrons. The highest BCUT2D eigenvalue weighted by atomic mass is 16.4. The van der Waals surface area contributed by atoms with E-state index < -0.39 is 24.1 Å². The molecule has 7 nitrogen and oxygen atoms in total. The van der Waals surface area contributed by atoms with E-state index in [9.17, 15) is 14.4 Å². The molecule has 0 fully saturated rings. The summed E-state index contributed by atoms with van der Waals surface area (Å²) in [4.78, 5) is 32.6. The molecule has 0 bridgehead atoms. The number of carbonyl (C=O) groups is 3. The summed E-state index contributed by atoms with van der Waals surface area (Å²) in [5.41, 5.74) is 5.49. The van der Waals surface area contributed by atoms with Gasteiger partial charge in [0.05, 0.1) is 0 Å². The molecular formula is C11H13N3O4. The lowest BCUT2D eigenvalue weighted by atomic mass is 10.1. The zero-order chi connectivity index (χ0) is 13.5. The molecule has 1 rings (SSSR count). The Balaban J connectivity index is 2.64. The largest absolute Gasteiger partial charge is 0.480 e. The Bertz CT molecular complexity index is 447. The van der Waals surface area contributed by atoms with Gasteiger partial charge in [0.15, 0.2) is 0 Å². The summed E-state index contributed by atoms with van der Waals surface area (Å²) >= 11 is 0. The number of primary amides is 1. The average molecular weight is 251 g/mol. The van der Waals surface area contributed by atoms with Gasteiger partial charge in [-0.15, -0.1) is 0 Å². The summed E-state index contributed by atoms with van der Waals surface area (Å²) in [6, 6.07) is 5.68. The molecule has 0 unspecified atom stereocenters. The Morgan fingerprint density at radius 3 is 2.33 bits per heavy atom. The maximum absolute atomic E-state index is 11.2. The van der Waals surface area contributed by atoms with Crippen LogP contribution < -0.4 is 16.4 Å². The summed E-state index contributed by atoms with van der Waals surface area (Å²) in [5, 5.41) is 12.8. The number of benzene rings is 1. The van der Waals surface area contributed by atoms with E-state index in [-0.39, 0.29) is 6.42 Å². The smallest absolute Gasteiger partial charge is 0.326 e. The number of imide groups is 1. The van der Waals surface area contributed by atoms with E-state index in [0.717, 1.165) is 5.56 Å². The maximum Gasteiger partial charge on any atom is 0.326 e. The fraction of sp³-hybridized carbons (Fsp3) is 0.182. The van der Waals surface area contributed by atoms with Gasteiger partial charge in [-0.25, -0.2) is 14.4 Å². The number of hydrogen-bond donors (Lipinski definition) is 4. The molecule has 7 heteroatoms. The molecule has 0 saturated carbocycles. The van der Waals surface area contributed by atoms with Gasteiger partial charge in [-0.3, -0.25) is 5.32 Å². The van der Waals surface area contributed by atoms with Crippen LogP contribution in [0.25, 0.3) is 0 Å². The van der Waals surface area contributed by atoms with Crippen LogP contribution in [0.15, 0.2) is 30.3 Å². The first kappa shape index (κ1) is 13.5. The van der Waals surface area contributed by atoms with Crippen LogP contribution in [0.1, 0.15) is 5.56 Å². The van der Waals surface area contributed by atoms with E-state index in [1.54, 1.807) is 35.6 Å². The number of carboxylic acid groups (broad SMARTS) is 1. The normalized spacial score (nSPS) is 11.3. The summed E-state index contributed by atoms with van der Waals surface area (Å²) in [6.07, 6.45) is 0.113. The van der Waals surface area contributed by atoms with Gasteiger partial charge in [0, 0.05) is 6.42 Å². The molecule has 96 valence electrons. The van der Waals surface area contributed by atoms with Crippen molar-refractivity contribution in [3.8, 4) is 0 Å². The minimum absolute atomic E-state index is 0.113. The van der Waals surface area contributed by atoms with Gasteiger partial charge in [-0.1, -0.05) is 30.3 Å². The molecule has 0 heterocycles. The van der Waals surface area contributed by atoms with Crippen LogP contribution in [0, 0.1) is 0 Å². The van der Waals surface area contributed by atoms with Crippen LogP contribution in [0.4, 0.5) is 9.59 Å². The number of carboxylic acids is 1. The molecule has 0 aliphatic heterocycles. The Morgan fingerprint density at radius 2 is 1.83 bits per heavy atom. The number of nitrogens with one attached hydrogen (secondary N) is 2. The number of rotatable bonds is 4. The molecule has 18 heavy (non-hydrogen) atoms. The number of aliphatic carboxylic acids is 1. The minimum atomic E-state index is -1.20. The van der Waals surface area contributed by atoms with Crippen LogP contribution in [-0.4, -0.2) is 29.2 Å². The monoisotopic (exact) mass is 251 g/mol. The lowest BCUT2D eigenvalue weighted by Crippen LogP contribution is -2.49. The van der Waals surface area contributed by atoms with Crippen molar-refractivity contribution >= 4 is 18.0 Å². The highest BCUT2D eigenvalue weighted by molar-refractivity contribution is 5.94. The first-order valence-electron chi connectivity index (χ1n) is 5.12. The number of carbonyl (C=O) groups excluding carboxylic acids is 2. The second-order valence-corrected chi connectivity index (χ2v) is 3.54. The van der Waals surface area contributed by atoms with Crippen LogP contribution in [0.5, 0.6) is 0 Å². The number of urea groups is 2. The van der Waals surface area contributed by atoms with Crippen molar-refractivity contribution < 1.29 is 19.5 Å². The maximum atomic E-state index is 11.2. The molecule has 0 saturated heterocycles. The highest BCUT2D eigenvalue weighted by Gasteiger charge is 2.20. The van der Waals surface area contributed by atoms with E-state index in [1.807, 2.05) is 0 Å². The first-order valence-corrected chi connectivity index (χ1v) is 5.12. The minimum Gasteiger partial charge on any atom is -0.480 e. The fourth-order valence-corrected chi connectivity index (χ4v) is 1.36. The third-order valence-electron chi connectivity index (χ3n) is 2.12. The van der Waals surface area contributed by atoms with Gasteiger partial charge in [0.1, 0.15) is 6.04 Å². The molecular weight excluding hydrogens is 238 g/mol. The van der Waals surface area contributed by atoms with Crippen molar-refractivity contribution in [3.63, 3.8) is 0 Å². The summed E-state index contributed by atoms with van der Waals surface area (Å²) in [6.45, 7) is 0. The highest BCUT2D eigenvalue weighted by Crippen LogP contribution is 2.03. The lowest BCUT2D eigenvalue weighted by Gasteiger charge is -2.14. The predicted octanol–water partition coefficient (Wildman–Crippen LogP) is 0.0602. The molecule has 1 aromatic carbocycles. The van der Waals surface area contributed by atoms with Crippen LogP contribution in [0.2, 0.25) is 0 Å². The van der Waals surface area contributed by atoms with Crippen molar-refractivity contribution in [3.05, 3.63) is 35.9 Å². The molecule has 5 N–H and O–H groups in total. The van der Waals surface area contributed by atoms with Crippen molar-refractivity contribution in [2.24, 2.45) is 5.73 Å². The van der Waals surface area contributed by atoms with Crippen LogP contribution in [-0.2, 0) is 11.2 Å². The van der Waals surface area contributed by atoms with Crippen LogP contribution in [0.3, 0.4) is 0 Å². The predicted molar refractivity (Wildman–Crippen MR) is 62.8 cm³/mol. The second-order valence-electron chi connectivity index (χ2n) is 3.54. The van der Waals surface area contributed by atoms with E-state index in [4.69, 9.17) is 10.8 Å². The number of nitrogens with two attached hydrogens (primary N) is 1. The zero-order valence-electron chi connectivity index (χ0n) is 9.42. The topological polar surface area (TPSA) is 122 Å². The van der Waals surface area contributed by atoms with Crippen molar-refractivity contribution in [1.82, 2.24) is 10.6 Å². The Hall–Kier alpha value is -2.57. The average Bonchev–Trinajstić information content (AvgIpc) is 2.28. The van der Waals surface area contributed by atoms with Crippen molar-refractivity contribution in [2.45, 2.75) is 12.5 Å². The van der Waals surface area contributed by atoms with Crippen molar-refractivity contribution in [1.29, 1.82) is 0 Å². The van der Waals surface area contributed by atoms with Crippen LogP contribution >= 0.6 is 0 Å². The lowest BCUT2D eigenvalue weighted by molar-refractivity contribution is -0.139. The van der Waals surface area contributed by atoms with E-state index in [1.165, 1.54) is 0 Å². The Kier molecular flexibility index (Phi) is 4.67. The summed E-state index contributed by atoms with van der Waals surface area (Å²) < 4.78 is 0. The van der Waals surface area contributed by atoms with E-state index in [2.05, 4.69) is 5.32 Å². The van der Waals surface area contributed by atoms with E-state index >= 15 is 0 Å². The van der Waals surface area contributed by atoms with Gasteiger partial charge in [-0.2, -0.15) is 0 Å². The SMILES string of the molecule is NC(=O)NC(=O)N[C@@H](Cc1ccccc1)C(=O)O. The van der Waals surface area contributed by atoms with Gasteiger partial charge in [0.2, 0.25) is 0 Å². The van der Waals surface area contributed by atoms with Crippen molar-refractivity contribution in [2.75, 3.05) is 0 Å². The molecule has 0 aliphatic carbocycles. The van der Waals surface area contributed by atoms with Gasteiger partial charge >= 0.3 is 18.0 Å². The summed E-state index contributed by atoms with van der Waals surface area (Å²) in [7, 11) is 0. The molecule has 1 aromatic rings. The third kappa shape index (κ3) is 4.52. The van der Waals surface area contributed by atoms with E-state index in [0.29, 0.717) is 0 Å². The van der Waals surface area contributed by atoms with Gasteiger partial charge in [0.25, 0.3) is 0 Å². The number of amides is 4. The molecule has 0 aliphatic rings. The zero-order valence-corrected chi connectivity index (χ0v) is 9.42. The second kappa shape index (κ2) is 6.24. The fourth-order valence-electron chi connectivity index (χ4n) is 1.36. The summed E-state index contributed by atoms with van der Waals surface area (Å²) in [5.74, 6) is -1.20. The Labute approximate surface area is 103 Å². The molecule has 1 atom stereocenters. The first-order chi connectivity index (χ1) is 8.49. The standard InChI is InChI=1S/C11H13N3O4/c12-10(17)14-11(18)13-8(9(15)16)6-7-4-2-1-3-5-7/h1-5,8H,6H2,(H,15,16)(H4,12,13,14,17,18)/t8-/m0/s1. The molecule has 4 amide bonds. The van der Waals surface area contributed by atoms with Gasteiger partial charge in [-0.05, 0) is 5.56 Å². The van der Waals surface area contributed by atoms with Gasteiger partial charge < -0.3 is 16.2 Å². The quantitative estimate of drug-likeness (QED) is 0.604. The Morgan fingerprint density at radius 1 is 1.22 bits per heavy atom. The third-order valence-corrected chi connectivity index (χ3v) is 2.12. The number of hydrogen-bond acceptors (Lipinski definition) is 3.